The summed E-state index contributed by atoms with van der Waals surface area (Å²) in [6, 6.07) is 3.13. The molecule has 1 aromatic heterocycles. The molecule has 19 heavy (non-hydrogen) atoms. The molecule has 0 bridgehead atoms. The van der Waals surface area contributed by atoms with E-state index in [4.69, 9.17) is 5.73 Å². The Balaban J connectivity index is 2.07. The largest absolute Gasteiger partial charge is 0.326 e. The van der Waals surface area contributed by atoms with Crippen molar-refractivity contribution < 1.29 is 0 Å². The van der Waals surface area contributed by atoms with Crippen molar-refractivity contribution in [3.63, 3.8) is 0 Å². The molecule has 1 aromatic rings. The predicted octanol–water partition coefficient (Wildman–Crippen LogP) is 3.92. The number of rotatable bonds is 6. The van der Waals surface area contributed by atoms with Gasteiger partial charge in [-0.25, -0.2) is 0 Å². The standard InChI is InChI=1S/C16H28N2S/c1-12(2)10-18(15-6-4-5-7-15)11-14-8-16(9-17)19-13(14)3/h8,12,15H,4-7,9-11,17H2,1-3H3. The molecule has 0 aliphatic heterocycles. The van der Waals surface area contributed by atoms with E-state index in [2.05, 4.69) is 31.7 Å². The second-order valence-electron chi connectivity index (χ2n) is 6.26. The van der Waals surface area contributed by atoms with E-state index in [0.717, 1.165) is 18.5 Å². The molecule has 0 aromatic carbocycles. The number of hydrogen-bond acceptors (Lipinski definition) is 3. The molecule has 1 aliphatic carbocycles. The monoisotopic (exact) mass is 280 g/mol. The molecule has 0 unspecified atom stereocenters. The Labute approximate surface area is 122 Å². The first kappa shape index (κ1) is 15.0. The number of nitrogens with zero attached hydrogens (tertiary/aromatic N) is 1. The Hall–Kier alpha value is -0.380. The van der Waals surface area contributed by atoms with Gasteiger partial charge in [0.15, 0.2) is 0 Å². The highest BCUT2D eigenvalue weighted by atomic mass is 32.1. The topological polar surface area (TPSA) is 29.3 Å². The lowest BCUT2D eigenvalue weighted by molar-refractivity contribution is 0.168. The molecule has 3 heteroatoms. The van der Waals surface area contributed by atoms with Crippen molar-refractivity contribution in [2.45, 2.75) is 65.6 Å². The quantitative estimate of drug-likeness (QED) is 0.856. The van der Waals surface area contributed by atoms with Crippen LogP contribution in [0.25, 0.3) is 0 Å². The van der Waals surface area contributed by atoms with Gasteiger partial charge < -0.3 is 5.73 Å². The van der Waals surface area contributed by atoms with Crippen molar-refractivity contribution in [3.05, 3.63) is 21.4 Å². The van der Waals surface area contributed by atoms with Gasteiger partial charge in [0.05, 0.1) is 0 Å². The van der Waals surface area contributed by atoms with Crippen LogP contribution in [0.3, 0.4) is 0 Å². The average Bonchev–Trinajstić information content (AvgIpc) is 2.98. The van der Waals surface area contributed by atoms with Crippen molar-refractivity contribution in [1.82, 2.24) is 4.90 Å². The van der Waals surface area contributed by atoms with E-state index in [1.165, 1.54) is 47.5 Å². The second-order valence-corrected chi connectivity index (χ2v) is 7.60. The van der Waals surface area contributed by atoms with E-state index in [1.807, 2.05) is 11.3 Å². The summed E-state index contributed by atoms with van der Waals surface area (Å²) in [5.74, 6) is 0.744. The van der Waals surface area contributed by atoms with Gasteiger partial charge in [-0.3, -0.25) is 4.90 Å². The number of aryl methyl sites for hydroxylation is 1. The molecule has 0 saturated heterocycles. The minimum atomic E-state index is 0.680. The molecule has 1 aliphatic rings. The van der Waals surface area contributed by atoms with Gasteiger partial charge in [-0.05, 0) is 37.3 Å². The zero-order valence-corrected chi connectivity index (χ0v) is 13.4. The van der Waals surface area contributed by atoms with Crippen molar-refractivity contribution in [3.8, 4) is 0 Å². The van der Waals surface area contributed by atoms with Gasteiger partial charge in [0.1, 0.15) is 0 Å². The highest BCUT2D eigenvalue weighted by Crippen LogP contribution is 2.28. The first-order valence-electron chi connectivity index (χ1n) is 7.62. The normalized spacial score (nSPS) is 16.9. The van der Waals surface area contributed by atoms with E-state index < -0.39 is 0 Å². The number of thiophene rings is 1. The molecular weight excluding hydrogens is 252 g/mol. The third-order valence-electron chi connectivity index (χ3n) is 4.09. The average molecular weight is 280 g/mol. The molecule has 1 saturated carbocycles. The summed E-state index contributed by atoms with van der Waals surface area (Å²) in [7, 11) is 0. The van der Waals surface area contributed by atoms with E-state index >= 15 is 0 Å². The van der Waals surface area contributed by atoms with E-state index in [-0.39, 0.29) is 0 Å². The molecule has 108 valence electrons. The smallest absolute Gasteiger partial charge is 0.0274 e. The maximum absolute atomic E-state index is 5.76. The summed E-state index contributed by atoms with van der Waals surface area (Å²) < 4.78 is 0. The van der Waals surface area contributed by atoms with E-state index in [0.29, 0.717) is 6.54 Å². The summed E-state index contributed by atoms with van der Waals surface area (Å²) in [6.45, 7) is 9.91. The lowest BCUT2D eigenvalue weighted by Gasteiger charge is -2.30. The van der Waals surface area contributed by atoms with Crippen molar-refractivity contribution in [1.29, 1.82) is 0 Å². The van der Waals surface area contributed by atoms with Gasteiger partial charge in [-0.2, -0.15) is 0 Å². The molecule has 0 amide bonds. The van der Waals surface area contributed by atoms with Crippen LogP contribution in [0.1, 0.15) is 54.8 Å². The molecule has 2 rings (SSSR count). The number of nitrogens with two attached hydrogens (primary N) is 1. The van der Waals surface area contributed by atoms with Crippen LogP contribution >= 0.6 is 11.3 Å². The highest BCUT2D eigenvalue weighted by molar-refractivity contribution is 7.12. The Bertz CT molecular complexity index is 391. The second kappa shape index (κ2) is 6.87. The van der Waals surface area contributed by atoms with E-state index in [1.54, 1.807) is 0 Å². The molecular formula is C16H28N2S. The third kappa shape index (κ3) is 4.04. The summed E-state index contributed by atoms with van der Waals surface area (Å²) in [5.41, 5.74) is 7.26. The Morgan fingerprint density at radius 3 is 2.58 bits per heavy atom. The van der Waals surface area contributed by atoms with Gasteiger partial charge in [-0.1, -0.05) is 26.7 Å². The SMILES string of the molecule is Cc1sc(CN)cc1CN(CC(C)C)C1CCCC1. The Kier molecular flexibility index (Phi) is 5.43. The lowest BCUT2D eigenvalue weighted by atomic mass is 10.1. The molecule has 0 spiro atoms. The summed E-state index contributed by atoms with van der Waals surface area (Å²) in [6.07, 6.45) is 5.60. The molecule has 1 fully saturated rings. The zero-order valence-electron chi connectivity index (χ0n) is 12.6. The summed E-state index contributed by atoms with van der Waals surface area (Å²) in [4.78, 5) is 5.49. The van der Waals surface area contributed by atoms with Crippen molar-refractivity contribution in [2.24, 2.45) is 11.7 Å². The van der Waals surface area contributed by atoms with Crippen LogP contribution in [0.2, 0.25) is 0 Å². The minimum absolute atomic E-state index is 0.680. The Morgan fingerprint density at radius 2 is 2.05 bits per heavy atom. The van der Waals surface area contributed by atoms with Crippen molar-refractivity contribution in [2.75, 3.05) is 6.54 Å². The van der Waals surface area contributed by atoms with Gasteiger partial charge in [0, 0.05) is 35.4 Å². The van der Waals surface area contributed by atoms with Gasteiger partial charge >= 0.3 is 0 Å². The van der Waals surface area contributed by atoms with Gasteiger partial charge in [0.25, 0.3) is 0 Å². The summed E-state index contributed by atoms with van der Waals surface area (Å²) >= 11 is 1.87. The molecule has 0 atom stereocenters. The van der Waals surface area contributed by atoms with Crippen LogP contribution in [0.15, 0.2) is 6.07 Å². The first-order chi connectivity index (χ1) is 9.10. The minimum Gasteiger partial charge on any atom is -0.326 e. The van der Waals surface area contributed by atoms with Crippen LogP contribution in [-0.2, 0) is 13.1 Å². The van der Waals surface area contributed by atoms with Crippen molar-refractivity contribution >= 4 is 11.3 Å². The van der Waals surface area contributed by atoms with Crippen LogP contribution in [0, 0.1) is 12.8 Å². The van der Waals surface area contributed by atoms with Crippen LogP contribution in [0.5, 0.6) is 0 Å². The fourth-order valence-corrected chi connectivity index (χ4v) is 4.08. The predicted molar refractivity (Wildman–Crippen MR) is 84.5 cm³/mol. The first-order valence-corrected chi connectivity index (χ1v) is 8.44. The molecule has 2 N–H and O–H groups in total. The van der Waals surface area contributed by atoms with Gasteiger partial charge in [-0.15, -0.1) is 11.3 Å². The fraction of sp³-hybridized carbons (Fsp3) is 0.750. The lowest BCUT2D eigenvalue weighted by Crippen LogP contribution is -2.35. The fourth-order valence-electron chi connectivity index (χ4n) is 3.15. The molecule has 0 radical (unpaired) electrons. The highest BCUT2D eigenvalue weighted by Gasteiger charge is 2.24. The van der Waals surface area contributed by atoms with Crippen LogP contribution < -0.4 is 5.73 Å². The zero-order chi connectivity index (χ0) is 13.8. The summed E-state index contributed by atoms with van der Waals surface area (Å²) in [5, 5.41) is 0. The molecule has 1 heterocycles. The van der Waals surface area contributed by atoms with Crippen LogP contribution in [0.4, 0.5) is 0 Å². The van der Waals surface area contributed by atoms with E-state index in [9.17, 15) is 0 Å². The number of hydrogen-bond donors (Lipinski definition) is 1. The maximum atomic E-state index is 5.76. The van der Waals surface area contributed by atoms with Crippen LogP contribution in [-0.4, -0.2) is 17.5 Å². The third-order valence-corrected chi connectivity index (χ3v) is 5.20. The Morgan fingerprint density at radius 1 is 1.37 bits per heavy atom. The van der Waals surface area contributed by atoms with Gasteiger partial charge in [0.2, 0.25) is 0 Å². The molecule has 2 nitrogen and oxygen atoms in total. The maximum Gasteiger partial charge on any atom is 0.0274 e.